The smallest absolute Gasteiger partial charge is 0.373 e. The summed E-state index contributed by atoms with van der Waals surface area (Å²) in [7, 11) is 0. The van der Waals surface area contributed by atoms with Gasteiger partial charge < -0.3 is 14.7 Å². The molecule has 10 nitrogen and oxygen atoms in total. The van der Waals surface area contributed by atoms with E-state index in [0.29, 0.717) is 42.1 Å². The highest BCUT2D eigenvalue weighted by Gasteiger charge is 2.32. The normalized spacial score (nSPS) is 14.0. The van der Waals surface area contributed by atoms with E-state index in [1.54, 1.807) is 41.3 Å². The molecule has 1 saturated heterocycles. The second kappa shape index (κ2) is 9.84. The minimum atomic E-state index is -0.876. The molecule has 0 aliphatic carbocycles. The highest BCUT2D eigenvalue weighted by atomic mass is 35.5. The summed E-state index contributed by atoms with van der Waals surface area (Å²) in [5.41, 5.74) is 0.479. The molecule has 0 bridgehead atoms. The number of rotatable bonds is 7. The SMILES string of the molecule is O=C(c1ccc(Cl)cc1)c1ccc(Oc2ncnc(N3CCC(C(=O)O)CC3)c2[N+](=O)[O-])cc1. The predicted molar refractivity (Wildman–Crippen MR) is 123 cm³/mol. The molecule has 34 heavy (non-hydrogen) atoms. The van der Waals surface area contributed by atoms with E-state index in [-0.39, 0.29) is 23.2 Å². The Morgan fingerprint density at radius 2 is 1.62 bits per heavy atom. The molecule has 1 aromatic heterocycles. The Balaban J connectivity index is 1.54. The van der Waals surface area contributed by atoms with Gasteiger partial charge >= 0.3 is 17.5 Å². The number of benzene rings is 2. The lowest BCUT2D eigenvalue weighted by molar-refractivity contribution is -0.385. The molecule has 0 atom stereocenters. The Bertz CT molecular complexity index is 1230. The number of halogens is 1. The number of anilines is 1. The number of carboxylic acids is 1. The van der Waals surface area contributed by atoms with Crippen LogP contribution in [0.2, 0.25) is 5.02 Å². The van der Waals surface area contributed by atoms with E-state index in [9.17, 15) is 24.8 Å². The van der Waals surface area contributed by atoms with Gasteiger partial charge in [-0.05, 0) is 61.4 Å². The van der Waals surface area contributed by atoms with E-state index in [0.717, 1.165) is 0 Å². The van der Waals surface area contributed by atoms with Crippen molar-refractivity contribution in [3.63, 3.8) is 0 Å². The maximum atomic E-state index is 12.6. The third kappa shape index (κ3) is 4.96. The number of piperidine rings is 1. The summed E-state index contributed by atoms with van der Waals surface area (Å²) in [5.74, 6) is -1.48. The Morgan fingerprint density at radius 1 is 1.03 bits per heavy atom. The number of ketones is 1. The Kier molecular flexibility index (Phi) is 6.69. The molecule has 1 aliphatic rings. The van der Waals surface area contributed by atoms with Crippen molar-refractivity contribution in [1.82, 2.24) is 9.97 Å². The molecule has 3 aromatic rings. The number of nitro groups is 1. The summed E-state index contributed by atoms with van der Waals surface area (Å²) in [6, 6.07) is 12.7. The fraction of sp³-hybridized carbons (Fsp3) is 0.217. The lowest BCUT2D eigenvalue weighted by Gasteiger charge is -2.30. The van der Waals surface area contributed by atoms with Crippen molar-refractivity contribution in [2.45, 2.75) is 12.8 Å². The van der Waals surface area contributed by atoms with Crippen molar-refractivity contribution in [3.8, 4) is 11.6 Å². The number of carboxylic acid groups (broad SMARTS) is 1. The fourth-order valence-corrected chi connectivity index (χ4v) is 3.84. The minimum absolute atomic E-state index is 0.0772. The van der Waals surface area contributed by atoms with Crippen LogP contribution < -0.4 is 9.64 Å². The molecule has 0 radical (unpaired) electrons. The zero-order valence-electron chi connectivity index (χ0n) is 17.8. The van der Waals surface area contributed by atoms with E-state index in [2.05, 4.69) is 9.97 Å². The largest absolute Gasteiger partial charge is 0.481 e. The van der Waals surface area contributed by atoms with Gasteiger partial charge in [0.05, 0.1) is 10.8 Å². The van der Waals surface area contributed by atoms with Crippen LogP contribution in [0, 0.1) is 16.0 Å². The topological polar surface area (TPSA) is 136 Å². The van der Waals surface area contributed by atoms with Crippen molar-refractivity contribution in [3.05, 3.63) is 81.1 Å². The summed E-state index contributed by atoms with van der Waals surface area (Å²) >= 11 is 5.86. The average Bonchev–Trinajstić information content (AvgIpc) is 2.84. The molecule has 1 N–H and O–H groups in total. The zero-order chi connectivity index (χ0) is 24.2. The Morgan fingerprint density at radius 3 is 2.18 bits per heavy atom. The standard InChI is InChI=1S/C23H19ClN4O6/c24-17-5-1-14(2-6-17)20(29)15-3-7-18(8-4-15)34-22-19(28(32)33)21(25-13-26-22)27-11-9-16(10-12-27)23(30)31/h1-8,13,16H,9-12H2,(H,30,31). The molecule has 4 rings (SSSR count). The van der Waals surface area contributed by atoms with Crippen molar-refractivity contribution < 1.29 is 24.4 Å². The van der Waals surface area contributed by atoms with Crippen LogP contribution in [0.25, 0.3) is 0 Å². The quantitative estimate of drug-likeness (QED) is 0.296. The summed E-state index contributed by atoms with van der Waals surface area (Å²) < 4.78 is 5.68. The molecule has 174 valence electrons. The number of aliphatic carboxylic acids is 1. The lowest BCUT2D eigenvalue weighted by atomic mass is 9.97. The van der Waals surface area contributed by atoms with Crippen LogP contribution in [0.5, 0.6) is 11.6 Å². The van der Waals surface area contributed by atoms with Crippen molar-refractivity contribution in [2.75, 3.05) is 18.0 Å². The fourth-order valence-electron chi connectivity index (χ4n) is 3.71. The molecule has 1 aliphatic heterocycles. The Labute approximate surface area is 198 Å². The number of carbonyl (C=O) groups is 2. The summed E-state index contributed by atoms with van der Waals surface area (Å²) in [4.78, 5) is 44.7. The van der Waals surface area contributed by atoms with Crippen LogP contribution in [-0.2, 0) is 4.79 Å². The molecule has 0 amide bonds. The summed E-state index contributed by atoms with van der Waals surface area (Å²) in [5, 5.41) is 21.5. The molecular weight excluding hydrogens is 464 g/mol. The van der Waals surface area contributed by atoms with Crippen molar-refractivity contribution in [2.24, 2.45) is 5.92 Å². The highest BCUT2D eigenvalue weighted by molar-refractivity contribution is 6.30. The third-order valence-electron chi connectivity index (χ3n) is 5.53. The number of aromatic nitrogens is 2. The second-order valence-electron chi connectivity index (χ2n) is 7.67. The maximum absolute atomic E-state index is 12.6. The molecule has 0 unspecified atom stereocenters. The number of hydrogen-bond donors (Lipinski definition) is 1. The minimum Gasteiger partial charge on any atom is -0.481 e. The van der Waals surface area contributed by atoms with Crippen LogP contribution in [-0.4, -0.2) is 44.8 Å². The van der Waals surface area contributed by atoms with Crippen LogP contribution in [0.3, 0.4) is 0 Å². The van der Waals surface area contributed by atoms with Gasteiger partial charge in [-0.15, -0.1) is 0 Å². The van der Waals surface area contributed by atoms with Crippen LogP contribution in [0.4, 0.5) is 11.5 Å². The first-order valence-corrected chi connectivity index (χ1v) is 10.8. The van der Waals surface area contributed by atoms with Crippen molar-refractivity contribution in [1.29, 1.82) is 0 Å². The van der Waals surface area contributed by atoms with Gasteiger partial charge in [-0.1, -0.05) is 11.6 Å². The van der Waals surface area contributed by atoms with Crippen molar-refractivity contribution >= 4 is 34.9 Å². The van der Waals surface area contributed by atoms with Gasteiger partial charge in [0.15, 0.2) is 5.78 Å². The van der Waals surface area contributed by atoms with Gasteiger partial charge in [0.25, 0.3) is 0 Å². The third-order valence-corrected chi connectivity index (χ3v) is 5.79. The van der Waals surface area contributed by atoms with Gasteiger partial charge in [0, 0.05) is 29.2 Å². The molecule has 2 aromatic carbocycles. The van der Waals surface area contributed by atoms with Gasteiger partial charge in [-0.2, -0.15) is 4.98 Å². The first kappa shape index (κ1) is 23.1. The molecule has 11 heteroatoms. The van der Waals surface area contributed by atoms with Gasteiger partial charge in [-0.3, -0.25) is 19.7 Å². The number of hydrogen-bond acceptors (Lipinski definition) is 8. The van der Waals surface area contributed by atoms with Gasteiger partial charge in [-0.25, -0.2) is 4.98 Å². The first-order chi connectivity index (χ1) is 16.3. The van der Waals surface area contributed by atoms with Gasteiger partial charge in [0.2, 0.25) is 5.82 Å². The van der Waals surface area contributed by atoms with Crippen LogP contribution in [0.15, 0.2) is 54.9 Å². The van der Waals surface area contributed by atoms with E-state index in [4.69, 9.17) is 16.3 Å². The highest BCUT2D eigenvalue weighted by Crippen LogP contribution is 2.37. The van der Waals surface area contributed by atoms with Crippen LogP contribution >= 0.6 is 11.6 Å². The molecular formula is C23H19ClN4O6. The Hall–Kier alpha value is -4.05. The first-order valence-electron chi connectivity index (χ1n) is 10.4. The van der Waals surface area contributed by atoms with E-state index >= 15 is 0 Å². The maximum Gasteiger partial charge on any atom is 0.373 e. The number of nitrogens with zero attached hydrogens (tertiary/aromatic N) is 4. The van der Waals surface area contributed by atoms with Gasteiger partial charge in [0.1, 0.15) is 12.1 Å². The molecule has 2 heterocycles. The number of ether oxygens (including phenoxy) is 1. The summed E-state index contributed by atoms with van der Waals surface area (Å²) in [6.45, 7) is 0.630. The molecule has 1 fully saturated rings. The average molecular weight is 483 g/mol. The monoisotopic (exact) mass is 482 g/mol. The molecule has 0 spiro atoms. The zero-order valence-corrected chi connectivity index (χ0v) is 18.5. The lowest BCUT2D eigenvalue weighted by Crippen LogP contribution is -2.37. The van der Waals surface area contributed by atoms with Crippen LogP contribution in [0.1, 0.15) is 28.8 Å². The van der Waals surface area contributed by atoms with E-state index in [1.165, 1.54) is 18.5 Å². The number of carbonyl (C=O) groups excluding carboxylic acids is 1. The molecule has 0 saturated carbocycles. The second-order valence-corrected chi connectivity index (χ2v) is 8.11. The van der Waals surface area contributed by atoms with E-state index in [1.807, 2.05) is 0 Å². The predicted octanol–water partition coefficient (Wildman–Crippen LogP) is 4.36. The van der Waals surface area contributed by atoms with E-state index < -0.39 is 22.5 Å². The summed E-state index contributed by atoms with van der Waals surface area (Å²) in [6.07, 6.45) is 1.88.